The Bertz CT molecular complexity index is 4650. The Morgan fingerprint density at radius 2 is 1.00 bits per heavy atom. The quantitative estimate of drug-likeness (QED) is 0.0618. The first kappa shape index (κ1) is 64.1. The summed E-state index contributed by atoms with van der Waals surface area (Å²) in [6, 6.07) is 27.7. The zero-order valence-corrected chi connectivity index (χ0v) is 47.5. The van der Waals surface area contributed by atoms with E-state index in [-0.39, 0.29) is 87.4 Å². The standard InChI is InChI=1S/C21H18ClF3N2O4S.C12H12N2O5S.C12H14N2O3S.C9H5NO4/c1-32(30,31)10-9-27-8-7-14-15(20(27)29)3-2-4-18(14)26-19(28)12-13-5-6-17(22)16(11-13)21(23,24)25;1-20(18,19)8-7-13-6-5-9-10(12(13)15)3-2-4-11(9)14(16)17;1-18(16,17)8-7-14-6-5-9-10(12(14)15)3-2-4-11(9)13;11-9-7-2-1-3-8(10(12)13)6(7)4-5-14-9/h2-8,11H,9-10,12H2,1H3,(H,26,28);2-6H,7-8H2,1H3;2-6H,7-8,13H2,1H3;1-5H. The van der Waals surface area contributed by atoms with E-state index in [4.69, 9.17) is 17.3 Å². The largest absolute Gasteiger partial charge is 0.431 e. The van der Waals surface area contributed by atoms with Crippen LogP contribution >= 0.6 is 11.6 Å². The number of hydrogen-bond acceptors (Lipinski definition) is 17. The van der Waals surface area contributed by atoms with Gasteiger partial charge in [-0.2, -0.15) is 13.2 Å². The molecule has 0 saturated heterocycles. The van der Waals surface area contributed by atoms with E-state index >= 15 is 0 Å². The number of pyridine rings is 3. The maximum atomic E-state index is 13.0. The smallest absolute Gasteiger partial charge is 0.417 e. The van der Waals surface area contributed by atoms with E-state index in [1.165, 1.54) is 80.7 Å². The molecule has 0 fully saturated rings. The number of anilines is 2. The van der Waals surface area contributed by atoms with Gasteiger partial charge in [0.15, 0.2) is 0 Å². The molecule has 0 aliphatic carbocycles. The van der Waals surface area contributed by atoms with Crippen molar-refractivity contribution in [2.45, 2.75) is 32.2 Å². The second-order valence-corrected chi connectivity index (χ2v) is 25.8. The molecule has 0 radical (unpaired) electrons. The fourth-order valence-electron chi connectivity index (χ4n) is 8.12. The van der Waals surface area contributed by atoms with Gasteiger partial charge in [-0.25, -0.2) is 30.0 Å². The first-order valence-electron chi connectivity index (χ1n) is 24.3. The zero-order valence-electron chi connectivity index (χ0n) is 44.3. The number of amides is 1. The summed E-state index contributed by atoms with van der Waals surface area (Å²) in [5, 5.41) is 26.5. The van der Waals surface area contributed by atoms with Gasteiger partial charge in [0.05, 0.1) is 71.9 Å². The molecule has 0 aliphatic heterocycles. The van der Waals surface area contributed by atoms with Gasteiger partial charge < -0.3 is 29.2 Å². The van der Waals surface area contributed by atoms with E-state index in [1.807, 2.05) is 0 Å². The number of nitrogen functional groups attached to an aromatic ring is 1. The summed E-state index contributed by atoms with van der Waals surface area (Å²) in [7, 11) is -9.52. The first-order valence-corrected chi connectivity index (χ1v) is 30.9. The van der Waals surface area contributed by atoms with Crippen molar-refractivity contribution in [1.82, 2.24) is 13.7 Å². The van der Waals surface area contributed by atoms with Gasteiger partial charge in [0.1, 0.15) is 29.5 Å². The van der Waals surface area contributed by atoms with Gasteiger partial charge in [0.25, 0.3) is 28.1 Å². The topological polar surface area (TPSA) is 340 Å². The molecule has 0 aliphatic rings. The third-order valence-corrected chi connectivity index (χ3v) is 15.4. The highest BCUT2D eigenvalue weighted by Crippen LogP contribution is 2.35. The molecular formula is C54H49ClF3N7O16S3. The number of nitro groups is 2. The van der Waals surface area contributed by atoms with E-state index in [0.717, 1.165) is 37.2 Å². The van der Waals surface area contributed by atoms with Gasteiger partial charge in [-0.1, -0.05) is 41.9 Å². The fraction of sp³-hybridized carbons (Fsp3) is 0.204. The molecule has 0 unspecified atom stereocenters. The number of carbonyl (C=O) groups is 1. The minimum Gasteiger partial charge on any atom is -0.431 e. The molecule has 4 aromatic heterocycles. The van der Waals surface area contributed by atoms with Crippen LogP contribution in [0.1, 0.15) is 11.1 Å². The maximum absolute atomic E-state index is 13.0. The van der Waals surface area contributed by atoms with E-state index < -0.39 is 78.8 Å². The molecule has 442 valence electrons. The monoisotopic (exact) mass is 1240 g/mol. The molecule has 0 bridgehead atoms. The minimum absolute atomic E-state index is 0.0116. The molecule has 0 spiro atoms. The molecule has 5 aromatic carbocycles. The number of fused-ring (bicyclic) bond motifs is 4. The second-order valence-electron chi connectivity index (χ2n) is 18.6. The lowest BCUT2D eigenvalue weighted by Gasteiger charge is -2.12. The van der Waals surface area contributed by atoms with Gasteiger partial charge in [0.2, 0.25) is 5.91 Å². The summed E-state index contributed by atoms with van der Waals surface area (Å²) < 4.78 is 115. The van der Waals surface area contributed by atoms with Crippen molar-refractivity contribution in [2.75, 3.05) is 47.1 Å². The van der Waals surface area contributed by atoms with E-state index in [0.29, 0.717) is 32.9 Å². The molecule has 30 heteroatoms. The maximum Gasteiger partial charge on any atom is 0.417 e. The van der Waals surface area contributed by atoms with Crippen molar-refractivity contribution in [3.63, 3.8) is 0 Å². The number of alkyl halides is 3. The van der Waals surface area contributed by atoms with Crippen LogP contribution in [0.2, 0.25) is 5.02 Å². The number of aromatic nitrogens is 3. The minimum atomic E-state index is -4.64. The van der Waals surface area contributed by atoms with Crippen LogP contribution in [0.4, 0.5) is 35.9 Å². The first-order chi connectivity index (χ1) is 39.2. The molecule has 3 N–H and O–H groups in total. The lowest BCUT2D eigenvalue weighted by Crippen LogP contribution is -2.23. The molecule has 84 heavy (non-hydrogen) atoms. The summed E-state index contributed by atoms with van der Waals surface area (Å²) in [4.78, 5) is 81.0. The lowest BCUT2D eigenvalue weighted by molar-refractivity contribution is -0.383. The fourth-order valence-corrected chi connectivity index (χ4v) is 9.93. The Morgan fingerprint density at radius 1 is 0.583 bits per heavy atom. The number of halogens is 4. The van der Waals surface area contributed by atoms with Gasteiger partial charge in [-0.05, 0) is 78.4 Å². The Hall–Kier alpha value is -9.06. The number of nitro benzene ring substituents is 2. The normalized spacial score (nSPS) is 11.7. The van der Waals surface area contributed by atoms with Crippen LogP contribution in [0.15, 0.2) is 164 Å². The van der Waals surface area contributed by atoms with E-state index in [1.54, 1.807) is 54.7 Å². The number of non-ortho nitro benzene ring substituents is 2. The summed E-state index contributed by atoms with van der Waals surface area (Å²) in [5.41, 5.74) is 3.86. The zero-order chi connectivity index (χ0) is 62.1. The number of aryl methyl sites for hydroxylation is 3. The highest BCUT2D eigenvalue weighted by molar-refractivity contribution is 7.91. The SMILES string of the molecule is CS(=O)(=O)CCn1ccc2c(N)cccc2c1=O.CS(=O)(=O)CCn1ccc2c(NC(=O)Cc3ccc(Cl)c(C(F)(F)F)c3)cccc2c1=O.CS(=O)(=O)CCn1ccc2c([N+](=O)[O-])cccc2c1=O.O=c1occc2c([N+](=O)[O-])cccc12. The van der Waals surface area contributed by atoms with Gasteiger partial charge in [-0.3, -0.25) is 39.4 Å². The second kappa shape index (κ2) is 26.5. The predicted molar refractivity (Wildman–Crippen MR) is 313 cm³/mol. The van der Waals surface area contributed by atoms with Gasteiger partial charge >= 0.3 is 11.8 Å². The van der Waals surface area contributed by atoms with Crippen LogP contribution in [0.25, 0.3) is 43.1 Å². The lowest BCUT2D eigenvalue weighted by atomic mass is 10.1. The average Bonchev–Trinajstić information content (AvgIpc) is 3.45. The van der Waals surface area contributed by atoms with Crippen molar-refractivity contribution in [2.24, 2.45) is 0 Å². The van der Waals surface area contributed by atoms with Crippen molar-refractivity contribution < 1.29 is 57.5 Å². The van der Waals surface area contributed by atoms with E-state index in [2.05, 4.69) is 9.73 Å². The molecule has 4 heterocycles. The highest BCUT2D eigenvalue weighted by Gasteiger charge is 2.33. The average molecular weight is 1240 g/mol. The number of nitrogens with zero attached hydrogens (tertiary/aromatic N) is 5. The van der Waals surface area contributed by atoms with Crippen molar-refractivity contribution >= 4 is 113 Å². The van der Waals surface area contributed by atoms with Crippen LogP contribution in [0, 0.1) is 20.2 Å². The van der Waals surface area contributed by atoms with Crippen LogP contribution in [-0.4, -0.2) is 90.7 Å². The molecule has 1 amide bonds. The molecule has 0 saturated carbocycles. The Kier molecular flexibility index (Phi) is 20.2. The summed E-state index contributed by atoms with van der Waals surface area (Å²) >= 11 is 5.60. The third kappa shape index (κ3) is 17.0. The van der Waals surface area contributed by atoms with Crippen LogP contribution < -0.4 is 33.4 Å². The van der Waals surface area contributed by atoms with Crippen LogP contribution in [0.5, 0.6) is 0 Å². The van der Waals surface area contributed by atoms with Crippen molar-refractivity contribution in [3.8, 4) is 0 Å². The number of benzene rings is 5. The number of nitrogens with two attached hydrogens (primary N) is 1. The van der Waals surface area contributed by atoms with Crippen molar-refractivity contribution in [3.05, 3.63) is 218 Å². The highest BCUT2D eigenvalue weighted by atomic mass is 35.5. The molecular weight excluding hydrogens is 1190 g/mol. The number of sulfone groups is 3. The number of nitrogens with one attached hydrogen (secondary N) is 1. The Morgan fingerprint density at radius 3 is 1.48 bits per heavy atom. The Balaban J connectivity index is 0.000000189. The third-order valence-electron chi connectivity index (χ3n) is 12.3. The van der Waals surface area contributed by atoms with Crippen LogP contribution in [-0.2, 0) is 66.5 Å². The van der Waals surface area contributed by atoms with Gasteiger partial charge in [-0.15, -0.1) is 0 Å². The van der Waals surface area contributed by atoms with Gasteiger partial charge in [0, 0.05) is 102 Å². The van der Waals surface area contributed by atoms with Crippen LogP contribution in [0.3, 0.4) is 0 Å². The number of carbonyl (C=O) groups excluding carboxylic acids is 1. The predicted octanol–water partition coefficient (Wildman–Crippen LogP) is 7.18. The molecule has 9 rings (SSSR count). The molecule has 9 aromatic rings. The number of rotatable bonds is 14. The molecule has 23 nitrogen and oxygen atoms in total. The summed E-state index contributed by atoms with van der Waals surface area (Å²) in [6.07, 6.45) is 3.87. The number of hydrogen-bond donors (Lipinski definition) is 2. The summed E-state index contributed by atoms with van der Waals surface area (Å²) in [6.45, 7) is 0.168. The summed E-state index contributed by atoms with van der Waals surface area (Å²) in [5.74, 6) is -0.988. The van der Waals surface area contributed by atoms with Crippen molar-refractivity contribution in [1.29, 1.82) is 0 Å². The Labute approximate surface area is 479 Å². The van der Waals surface area contributed by atoms with E-state index in [9.17, 15) is 82.6 Å². The molecule has 0 atom stereocenters.